The molecule has 0 aliphatic rings. The van der Waals surface area contributed by atoms with Crippen molar-refractivity contribution in [2.45, 2.75) is 13.8 Å². The Hall–Kier alpha value is -3.61. The fourth-order valence-electron chi connectivity index (χ4n) is 2.84. The molecule has 3 aromatic rings. The Balaban J connectivity index is 2.17. The SMILES string of the molecule is CNC(=O)c1nn(-c2ccccc2-c2ccccc2OCC(C)C)cc(O)c1=O. The summed E-state index contributed by atoms with van der Waals surface area (Å²) in [6.07, 6.45) is 1.20. The van der Waals surface area contributed by atoms with Crippen molar-refractivity contribution in [3.05, 3.63) is 70.6 Å². The van der Waals surface area contributed by atoms with Crippen molar-refractivity contribution in [2.24, 2.45) is 5.92 Å². The van der Waals surface area contributed by atoms with Crippen LogP contribution in [0.15, 0.2) is 59.5 Å². The molecule has 2 aromatic carbocycles. The number of nitrogens with one attached hydrogen (secondary N) is 1. The number of hydrogen-bond acceptors (Lipinski definition) is 5. The fraction of sp³-hybridized carbons (Fsp3) is 0.227. The van der Waals surface area contributed by atoms with Crippen LogP contribution in [0.3, 0.4) is 0 Å². The first kappa shape index (κ1) is 20.1. The van der Waals surface area contributed by atoms with E-state index in [0.717, 1.165) is 11.1 Å². The minimum absolute atomic E-state index is 0.367. The number of aromatic nitrogens is 2. The Morgan fingerprint density at radius 2 is 1.79 bits per heavy atom. The molecule has 0 spiro atoms. The summed E-state index contributed by atoms with van der Waals surface area (Å²) in [5.41, 5.74) is 1.01. The molecule has 0 saturated carbocycles. The van der Waals surface area contributed by atoms with E-state index in [2.05, 4.69) is 24.3 Å². The number of rotatable bonds is 6. The molecule has 0 bridgehead atoms. The third-order valence-corrected chi connectivity index (χ3v) is 4.24. The van der Waals surface area contributed by atoms with Gasteiger partial charge in [-0.2, -0.15) is 5.10 Å². The third-order valence-electron chi connectivity index (χ3n) is 4.24. The highest BCUT2D eigenvalue weighted by Crippen LogP contribution is 2.34. The number of ether oxygens (including phenoxy) is 1. The maximum atomic E-state index is 12.1. The lowest BCUT2D eigenvalue weighted by molar-refractivity contribution is 0.0954. The van der Waals surface area contributed by atoms with Gasteiger partial charge in [-0.3, -0.25) is 9.59 Å². The van der Waals surface area contributed by atoms with E-state index >= 15 is 0 Å². The summed E-state index contributed by atoms with van der Waals surface area (Å²) in [7, 11) is 1.40. The lowest BCUT2D eigenvalue weighted by Crippen LogP contribution is -2.29. The van der Waals surface area contributed by atoms with Crippen LogP contribution in [0.25, 0.3) is 16.8 Å². The van der Waals surface area contributed by atoms with E-state index in [9.17, 15) is 14.7 Å². The minimum Gasteiger partial charge on any atom is -0.503 e. The second-order valence-corrected chi connectivity index (χ2v) is 6.93. The maximum Gasteiger partial charge on any atom is 0.275 e. The zero-order chi connectivity index (χ0) is 21.0. The van der Waals surface area contributed by atoms with Gasteiger partial charge in [0.05, 0.1) is 18.5 Å². The van der Waals surface area contributed by atoms with Crippen molar-refractivity contribution in [3.63, 3.8) is 0 Å². The molecule has 2 N–H and O–H groups in total. The average Bonchev–Trinajstić information content (AvgIpc) is 2.73. The molecule has 1 aromatic heterocycles. The van der Waals surface area contributed by atoms with E-state index in [1.807, 2.05) is 42.5 Å². The number of benzene rings is 2. The van der Waals surface area contributed by atoms with E-state index in [1.54, 1.807) is 6.07 Å². The van der Waals surface area contributed by atoms with Gasteiger partial charge in [-0.05, 0) is 18.1 Å². The van der Waals surface area contributed by atoms with Crippen molar-refractivity contribution < 1.29 is 14.6 Å². The van der Waals surface area contributed by atoms with E-state index in [4.69, 9.17) is 4.74 Å². The van der Waals surface area contributed by atoms with Crippen molar-refractivity contribution in [2.75, 3.05) is 13.7 Å². The Morgan fingerprint density at radius 3 is 2.48 bits per heavy atom. The molecular formula is C22H23N3O4. The van der Waals surface area contributed by atoms with Crippen LogP contribution in [0.2, 0.25) is 0 Å². The first-order chi connectivity index (χ1) is 13.9. The number of nitrogens with zero attached hydrogens (tertiary/aromatic N) is 2. The van der Waals surface area contributed by atoms with Crippen LogP contribution in [-0.2, 0) is 0 Å². The van der Waals surface area contributed by atoms with Gasteiger partial charge in [0.25, 0.3) is 11.3 Å². The molecule has 0 aliphatic heterocycles. The van der Waals surface area contributed by atoms with E-state index in [1.165, 1.54) is 17.9 Å². The molecule has 150 valence electrons. The van der Waals surface area contributed by atoms with Gasteiger partial charge < -0.3 is 15.2 Å². The van der Waals surface area contributed by atoms with Gasteiger partial charge >= 0.3 is 0 Å². The zero-order valence-corrected chi connectivity index (χ0v) is 16.5. The van der Waals surface area contributed by atoms with E-state index < -0.39 is 17.1 Å². The van der Waals surface area contributed by atoms with Crippen molar-refractivity contribution >= 4 is 5.91 Å². The van der Waals surface area contributed by atoms with E-state index in [0.29, 0.717) is 24.0 Å². The Labute approximate surface area is 168 Å². The molecule has 7 nitrogen and oxygen atoms in total. The van der Waals surface area contributed by atoms with Crippen LogP contribution in [0, 0.1) is 5.92 Å². The minimum atomic E-state index is -0.821. The van der Waals surface area contributed by atoms with Crippen LogP contribution in [-0.4, -0.2) is 34.4 Å². The summed E-state index contributed by atoms with van der Waals surface area (Å²) >= 11 is 0. The number of carbonyl (C=O) groups excluding carboxylic acids is 1. The van der Waals surface area contributed by atoms with Gasteiger partial charge in [0.15, 0.2) is 11.4 Å². The van der Waals surface area contributed by atoms with Gasteiger partial charge in [0, 0.05) is 18.2 Å². The van der Waals surface area contributed by atoms with Crippen LogP contribution in [0.5, 0.6) is 11.5 Å². The summed E-state index contributed by atoms with van der Waals surface area (Å²) in [4.78, 5) is 24.1. The third kappa shape index (κ3) is 4.29. The fourth-order valence-corrected chi connectivity index (χ4v) is 2.84. The molecule has 1 amide bonds. The number of hydrogen-bond donors (Lipinski definition) is 2. The second-order valence-electron chi connectivity index (χ2n) is 6.93. The molecule has 0 atom stereocenters. The van der Waals surface area contributed by atoms with Crippen molar-refractivity contribution in [3.8, 4) is 28.3 Å². The van der Waals surface area contributed by atoms with Crippen LogP contribution >= 0.6 is 0 Å². The molecule has 7 heteroatoms. The predicted molar refractivity (Wildman–Crippen MR) is 111 cm³/mol. The van der Waals surface area contributed by atoms with Crippen LogP contribution < -0.4 is 15.5 Å². The first-order valence-corrected chi connectivity index (χ1v) is 9.29. The van der Waals surface area contributed by atoms with Crippen LogP contribution in [0.1, 0.15) is 24.3 Å². The van der Waals surface area contributed by atoms with Gasteiger partial charge in [-0.25, -0.2) is 4.68 Å². The maximum absolute atomic E-state index is 12.1. The largest absolute Gasteiger partial charge is 0.503 e. The standard InChI is InChI=1S/C22H23N3O4/c1-14(2)13-29-19-11-7-5-9-16(19)15-8-4-6-10-17(15)25-12-18(26)21(27)20(24-25)22(28)23-3/h4-12,14,26H,13H2,1-3H3,(H,23,28). The summed E-state index contributed by atoms with van der Waals surface area (Å²) in [6.45, 7) is 4.71. The second kappa shape index (κ2) is 8.60. The summed E-state index contributed by atoms with van der Waals surface area (Å²) in [6, 6.07) is 15.0. The Morgan fingerprint density at radius 1 is 1.14 bits per heavy atom. The zero-order valence-electron chi connectivity index (χ0n) is 16.5. The number of aromatic hydroxyl groups is 1. The lowest BCUT2D eigenvalue weighted by atomic mass is 10.0. The molecule has 0 aliphatic carbocycles. The molecule has 3 rings (SSSR count). The quantitative estimate of drug-likeness (QED) is 0.672. The van der Waals surface area contributed by atoms with Gasteiger partial charge in [-0.15, -0.1) is 0 Å². The summed E-state index contributed by atoms with van der Waals surface area (Å²) in [5.74, 6) is -0.146. The molecule has 0 unspecified atom stereocenters. The van der Waals surface area contributed by atoms with Crippen molar-refractivity contribution in [1.82, 2.24) is 15.1 Å². The number of para-hydroxylation sites is 2. The number of carbonyl (C=O) groups is 1. The first-order valence-electron chi connectivity index (χ1n) is 9.29. The Kier molecular flexibility index (Phi) is 5.97. The molecule has 29 heavy (non-hydrogen) atoms. The number of amides is 1. The topological polar surface area (TPSA) is 93.5 Å². The highest BCUT2D eigenvalue weighted by Gasteiger charge is 2.18. The van der Waals surface area contributed by atoms with Gasteiger partial charge in [0.1, 0.15) is 5.75 Å². The summed E-state index contributed by atoms with van der Waals surface area (Å²) < 4.78 is 7.30. The molecular weight excluding hydrogens is 370 g/mol. The summed E-state index contributed by atoms with van der Waals surface area (Å²) in [5, 5.41) is 16.6. The molecule has 0 radical (unpaired) electrons. The van der Waals surface area contributed by atoms with Crippen LogP contribution in [0.4, 0.5) is 0 Å². The highest BCUT2D eigenvalue weighted by atomic mass is 16.5. The van der Waals surface area contributed by atoms with Gasteiger partial charge in [0.2, 0.25) is 0 Å². The lowest BCUT2D eigenvalue weighted by Gasteiger charge is -2.17. The van der Waals surface area contributed by atoms with Crippen molar-refractivity contribution in [1.29, 1.82) is 0 Å². The predicted octanol–water partition coefficient (Wildman–Crippen LogP) is 3.00. The Bertz CT molecular complexity index is 1090. The molecule has 0 saturated heterocycles. The highest BCUT2D eigenvalue weighted by molar-refractivity contribution is 5.92. The van der Waals surface area contributed by atoms with Gasteiger partial charge in [-0.1, -0.05) is 50.2 Å². The average molecular weight is 393 g/mol. The smallest absolute Gasteiger partial charge is 0.275 e. The van der Waals surface area contributed by atoms with E-state index in [-0.39, 0.29) is 5.69 Å². The molecule has 1 heterocycles. The molecule has 0 fully saturated rings. The normalized spacial score (nSPS) is 10.8. The monoisotopic (exact) mass is 393 g/mol.